The lowest BCUT2D eigenvalue weighted by Gasteiger charge is -2.29. The molecule has 3 heterocycles. The van der Waals surface area contributed by atoms with Crippen molar-refractivity contribution in [2.75, 3.05) is 0 Å². The van der Waals surface area contributed by atoms with Crippen molar-refractivity contribution in [1.82, 2.24) is 10.6 Å². The predicted octanol–water partition coefficient (Wildman–Crippen LogP) is 9.17. The van der Waals surface area contributed by atoms with Crippen LogP contribution in [0.5, 0.6) is 0 Å². The van der Waals surface area contributed by atoms with Crippen LogP contribution in [-0.4, -0.2) is 11.7 Å². The molecular weight excluding hydrogens is 552 g/mol. The van der Waals surface area contributed by atoms with Crippen LogP contribution in [0.4, 0.5) is 0 Å². The fraction of sp³-hybridized carbons (Fsp3) is 0.0500. The summed E-state index contributed by atoms with van der Waals surface area (Å²) in [5.74, 6) is 2.43. The van der Waals surface area contributed by atoms with Crippen molar-refractivity contribution in [3.63, 3.8) is 0 Å². The lowest BCUT2D eigenvalue weighted by Crippen LogP contribution is -2.43. The first-order valence-corrected chi connectivity index (χ1v) is 15.2. The molecule has 0 amide bonds. The highest BCUT2D eigenvalue weighted by Gasteiger charge is 2.31. The summed E-state index contributed by atoms with van der Waals surface area (Å²) in [4.78, 5) is 10.4. The highest BCUT2D eigenvalue weighted by molar-refractivity contribution is 6.14. The minimum atomic E-state index is -0.411. The molecule has 7 aromatic rings. The molecule has 0 fully saturated rings. The Morgan fingerprint density at radius 1 is 0.578 bits per heavy atom. The van der Waals surface area contributed by atoms with E-state index in [1.165, 1.54) is 27.3 Å². The molecule has 0 spiro atoms. The van der Waals surface area contributed by atoms with Gasteiger partial charge in [0.1, 0.15) is 29.1 Å². The number of amidine groups is 2. The number of para-hydroxylation sites is 1. The molecule has 2 N–H and O–H groups in total. The van der Waals surface area contributed by atoms with Crippen LogP contribution in [0, 0.1) is 0 Å². The number of nitrogens with zero attached hydrogens (tertiary/aromatic N) is 2. The van der Waals surface area contributed by atoms with E-state index in [1.54, 1.807) is 0 Å². The van der Waals surface area contributed by atoms with Crippen LogP contribution in [-0.2, 0) is 0 Å². The molecule has 5 nitrogen and oxygen atoms in total. The van der Waals surface area contributed by atoms with E-state index in [0.717, 1.165) is 50.5 Å². The Hall–Kier alpha value is -5.94. The molecule has 1 aromatic heterocycles. The summed E-state index contributed by atoms with van der Waals surface area (Å²) in [6, 6.07) is 46.5. The van der Waals surface area contributed by atoms with E-state index in [1.807, 2.05) is 36.5 Å². The van der Waals surface area contributed by atoms with E-state index in [0.29, 0.717) is 0 Å². The largest absolute Gasteiger partial charge is 0.456 e. The van der Waals surface area contributed by atoms with Gasteiger partial charge in [-0.25, -0.2) is 9.98 Å². The van der Waals surface area contributed by atoms with Crippen LogP contribution in [0.1, 0.15) is 34.7 Å². The summed E-state index contributed by atoms with van der Waals surface area (Å²) < 4.78 is 6.23. The predicted molar refractivity (Wildman–Crippen MR) is 184 cm³/mol. The van der Waals surface area contributed by atoms with Gasteiger partial charge in [0.15, 0.2) is 6.17 Å². The van der Waals surface area contributed by atoms with Gasteiger partial charge in [0, 0.05) is 22.7 Å². The molecule has 0 bridgehead atoms. The Bertz CT molecular complexity index is 2350. The van der Waals surface area contributed by atoms with Crippen LogP contribution in [0.15, 0.2) is 154 Å². The van der Waals surface area contributed by atoms with Crippen molar-refractivity contribution in [3.8, 4) is 11.1 Å². The van der Waals surface area contributed by atoms with E-state index >= 15 is 0 Å². The van der Waals surface area contributed by atoms with Crippen molar-refractivity contribution in [2.45, 2.75) is 12.2 Å². The lowest BCUT2D eigenvalue weighted by atomic mass is 9.97. The van der Waals surface area contributed by atoms with Gasteiger partial charge in [0.2, 0.25) is 0 Å². The molecule has 6 aromatic carbocycles. The van der Waals surface area contributed by atoms with Gasteiger partial charge in [-0.15, -0.1) is 0 Å². The average molecular weight is 581 g/mol. The zero-order chi connectivity index (χ0) is 29.7. The van der Waals surface area contributed by atoms with E-state index in [9.17, 15) is 0 Å². The van der Waals surface area contributed by atoms with Crippen LogP contribution in [0.2, 0.25) is 0 Å². The zero-order valence-electron chi connectivity index (χ0n) is 24.3. The normalized spacial score (nSPS) is 17.4. The van der Waals surface area contributed by atoms with Crippen molar-refractivity contribution >= 4 is 50.3 Å². The van der Waals surface area contributed by atoms with E-state index in [2.05, 4.69) is 120 Å². The molecule has 5 heteroatoms. The second-order valence-electron chi connectivity index (χ2n) is 11.5. The summed E-state index contributed by atoms with van der Waals surface area (Å²) in [6.07, 6.45) is 3.51. The first-order chi connectivity index (χ1) is 22.3. The fourth-order valence-corrected chi connectivity index (χ4v) is 6.51. The standard InChI is InChI=1S/C40H28N4O/c1-2-8-25(9-3-1)28-15-16-30-24-32(19-17-29(30)22-28)39-42-38(31-18-14-26-10-4-5-11-27(26)23-31)43-40(44-39)37-36-33-12-6-7-13-34(33)45-35(36)20-21-41-37/h1-24,37-38,41H,(H,42,43,44). The van der Waals surface area contributed by atoms with Crippen molar-refractivity contribution in [3.05, 3.63) is 162 Å². The van der Waals surface area contributed by atoms with E-state index < -0.39 is 6.17 Å². The average Bonchev–Trinajstić information content (AvgIpc) is 3.50. The molecular formula is C40H28N4O. The maximum Gasteiger partial charge on any atom is 0.169 e. The van der Waals surface area contributed by atoms with Crippen LogP contribution in [0.25, 0.3) is 49.7 Å². The number of rotatable bonds is 4. The molecule has 0 aliphatic carbocycles. The third kappa shape index (κ3) is 4.48. The Morgan fingerprint density at radius 2 is 1.29 bits per heavy atom. The first-order valence-electron chi connectivity index (χ1n) is 15.2. The second-order valence-corrected chi connectivity index (χ2v) is 11.5. The lowest BCUT2D eigenvalue weighted by molar-refractivity contribution is 0.585. The Labute approximate surface area is 260 Å². The van der Waals surface area contributed by atoms with Gasteiger partial charge in [-0.3, -0.25) is 0 Å². The van der Waals surface area contributed by atoms with Gasteiger partial charge in [-0.2, -0.15) is 0 Å². The third-order valence-electron chi connectivity index (χ3n) is 8.77. The van der Waals surface area contributed by atoms with Crippen LogP contribution in [0.3, 0.4) is 0 Å². The van der Waals surface area contributed by atoms with Crippen LogP contribution < -0.4 is 10.6 Å². The maximum absolute atomic E-state index is 6.23. The summed E-state index contributed by atoms with van der Waals surface area (Å²) in [6.45, 7) is 0. The minimum absolute atomic E-state index is 0.226. The monoisotopic (exact) mass is 580 g/mol. The molecule has 9 rings (SSSR count). The molecule has 45 heavy (non-hydrogen) atoms. The summed E-state index contributed by atoms with van der Waals surface area (Å²) in [7, 11) is 0. The Morgan fingerprint density at radius 3 is 2.18 bits per heavy atom. The second kappa shape index (κ2) is 10.4. The maximum atomic E-state index is 6.23. The van der Waals surface area contributed by atoms with Crippen LogP contribution >= 0.6 is 0 Å². The quantitative estimate of drug-likeness (QED) is 0.218. The van der Waals surface area contributed by atoms with Gasteiger partial charge < -0.3 is 15.1 Å². The van der Waals surface area contributed by atoms with Crippen molar-refractivity contribution < 1.29 is 4.42 Å². The third-order valence-corrected chi connectivity index (χ3v) is 8.77. The molecule has 2 atom stereocenters. The zero-order valence-corrected chi connectivity index (χ0v) is 24.3. The smallest absolute Gasteiger partial charge is 0.169 e. The molecule has 0 saturated heterocycles. The summed E-state index contributed by atoms with van der Waals surface area (Å²) >= 11 is 0. The number of hydrogen-bond donors (Lipinski definition) is 2. The van der Waals surface area contributed by atoms with E-state index in [4.69, 9.17) is 14.4 Å². The fourth-order valence-electron chi connectivity index (χ4n) is 6.51. The number of nitrogens with one attached hydrogen (secondary N) is 2. The molecule has 214 valence electrons. The Balaban J connectivity index is 1.15. The van der Waals surface area contributed by atoms with Gasteiger partial charge in [-0.1, -0.05) is 109 Å². The topological polar surface area (TPSA) is 61.9 Å². The number of aliphatic imine (C=N–C) groups is 2. The number of fused-ring (bicyclic) bond motifs is 5. The molecule has 0 radical (unpaired) electrons. The highest BCUT2D eigenvalue weighted by atomic mass is 16.3. The number of furan rings is 1. The van der Waals surface area contributed by atoms with Gasteiger partial charge in [0.25, 0.3) is 0 Å². The summed E-state index contributed by atoms with van der Waals surface area (Å²) in [5, 5.41) is 13.0. The van der Waals surface area contributed by atoms with E-state index in [-0.39, 0.29) is 6.04 Å². The molecule has 2 aliphatic heterocycles. The molecule has 2 unspecified atom stereocenters. The number of benzene rings is 6. The van der Waals surface area contributed by atoms with Crippen molar-refractivity contribution in [2.24, 2.45) is 9.98 Å². The molecule has 0 saturated carbocycles. The molecule has 2 aliphatic rings. The highest BCUT2D eigenvalue weighted by Crippen LogP contribution is 2.36. The van der Waals surface area contributed by atoms with Gasteiger partial charge in [0.05, 0.1) is 0 Å². The van der Waals surface area contributed by atoms with Crippen molar-refractivity contribution in [1.29, 1.82) is 0 Å². The van der Waals surface area contributed by atoms with Gasteiger partial charge >= 0.3 is 0 Å². The van der Waals surface area contributed by atoms with Gasteiger partial charge in [-0.05, 0) is 68.6 Å². The number of hydrogen-bond acceptors (Lipinski definition) is 5. The first kappa shape index (κ1) is 25.5. The summed E-state index contributed by atoms with van der Waals surface area (Å²) in [5.41, 5.74) is 6.40. The minimum Gasteiger partial charge on any atom is -0.456 e. The Kier molecular flexibility index (Phi) is 5.88. The SMILES string of the molecule is C1=Cc2oc3ccccc3c2C(C2=NC(c3ccc4ccccc4c3)N=C(c3ccc4cc(-c5ccccc5)ccc4c3)N2)N1.